The van der Waals surface area contributed by atoms with Crippen molar-refractivity contribution < 1.29 is 4.79 Å². The first-order chi connectivity index (χ1) is 10.7. The Hall–Kier alpha value is -2.43. The van der Waals surface area contributed by atoms with Crippen molar-refractivity contribution in [3.63, 3.8) is 0 Å². The Labute approximate surface area is 130 Å². The molecule has 2 aromatic rings. The number of carbonyl (C=O) groups excluding carboxylic acids is 1. The zero-order valence-electron chi connectivity index (χ0n) is 12.6. The van der Waals surface area contributed by atoms with Gasteiger partial charge in [0.05, 0.1) is 5.69 Å². The Morgan fingerprint density at radius 1 is 1.14 bits per heavy atom. The van der Waals surface area contributed by atoms with Crippen LogP contribution in [0.3, 0.4) is 0 Å². The summed E-state index contributed by atoms with van der Waals surface area (Å²) in [5.41, 5.74) is 2.15. The van der Waals surface area contributed by atoms with Crippen LogP contribution in [-0.2, 0) is 4.79 Å². The van der Waals surface area contributed by atoms with E-state index in [1.54, 1.807) is 0 Å². The molecule has 22 heavy (non-hydrogen) atoms. The summed E-state index contributed by atoms with van der Waals surface area (Å²) in [6.45, 7) is 3.13. The van der Waals surface area contributed by atoms with Crippen molar-refractivity contribution >= 4 is 11.7 Å². The molecular formula is C17H20N4O. The van der Waals surface area contributed by atoms with Crippen LogP contribution in [0.5, 0.6) is 0 Å². The van der Waals surface area contributed by atoms with Gasteiger partial charge in [-0.15, -0.1) is 5.10 Å². The molecule has 0 aliphatic heterocycles. The lowest BCUT2D eigenvalue weighted by atomic mass is 10.1. The molecule has 1 aliphatic rings. The molecule has 5 nitrogen and oxygen atoms in total. The third-order valence-corrected chi connectivity index (χ3v) is 3.88. The van der Waals surface area contributed by atoms with E-state index in [0.717, 1.165) is 17.9 Å². The second-order valence-electron chi connectivity index (χ2n) is 5.64. The average Bonchev–Trinajstić information content (AvgIpc) is 3.35. The van der Waals surface area contributed by atoms with Gasteiger partial charge in [-0.2, -0.15) is 5.10 Å². The summed E-state index contributed by atoms with van der Waals surface area (Å²) in [7, 11) is 0. The molecule has 1 fully saturated rings. The van der Waals surface area contributed by atoms with Gasteiger partial charge in [0.15, 0.2) is 0 Å². The van der Waals surface area contributed by atoms with Crippen molar-refractivity contribution in [3.05, 3.63) is 53.7 Å². The van der Waals surface area contributed by atoms with Crippen molar-refractivity contribution in [2.75, 3.05) is 18.4 Å². The molecule has 2 unspecified atom stereocenters. The molecular weight excluding hydrogens is 276 g/mol. The molecule has 1 aromatic heterocycles. The molecule has 1 aliphatic carbocycles. The van der Waals surface area contributed by atoms with E-state index in [-0.39, 0.29) is 11.8 Å². The van der Waals surface area contributed by atoms with E-state index in [0.29, 0.717) is 19.0 Å². The largest absolute Gasteiger partial charge is 0.367 e. The second-order valence-corrected chi connectivity index (χ2v) is 5.64. The SMILES string of the molecule is Cc1ccc(NCCNC(=O)C2CC2c2ccccc2)nn1. The first kappa shape index (κ1) is 14.5. The predicted octanol–water partition coefficient (Wildman–Crippen LogP) is 2.12. The monoisotopic (exact) mass is 296 g/mol. The molecule has 3 rings (SSSR count). The third kappa shape index (κ3) is 3.61. The van der Waals surface area contributed by atoms with Crippen molar-refractivity contribution in [3.8, 4) is 0 Å². The van der Waals surface area contributed by atoms with Crippen LogP contribution in [0.25, 0.3) is 0 Å². The van der Waals surface area contributed by atoms with Crippen LogP contribution in [0.1, 0.15) is 23.6 Å². The number of aryl methyl sites for hydroxylation is 1. The molecule has 0 spiro atoms. The van der Waals surface area contributed by atoms with Gasteiger partial charge in [0.1, 0.15) is 5.82 Å². The van der Waals surface area contributed by atoms with Gasteiger partial charge < -0.3 is 10.6 Å². The third-order valence-electron chi connectivity index (χ3n) is 3.88. The van der Waals surface area contributed by atoms with Crippen LogP contribution in [0, 0.1) is 12.8 Å². The van der Waals surface area contributed by atoms with Crippen molar-refractivity contribution in [1.29, 1.82) is 0 Å². The Balaban J connectivity index is 1.38. The van der Waals surface area contributed by atoms with Crippen LogP contribution in [0.15, 0.2) is 42.5 Å². The summed E-state index contributed by atoms with van der Waals surface area (Å²) >= 11 is 0. The number of benzene rings is 1. The van der Waals surface area contributed by atoms with E-state index in [1.807, 2.05) is 37.3 Å². The molecule has 0 bridgehead atoms. The first-order valence-electron chi connectivity index (χ1n) is 7.61. The minimum atomic E-state index is 0.126. The molecule has 2 atom stereocenters. The topological polar surface area (TPSA) is 66.9 Å². The lowest BCUT2D eigenvalue weighted by Gasteiger charge is -2.07. The zero-order chi connectivity index (χ0) is 15.4. The Bertz CT molecular complexity index is 627. The fraction of sp³-hybridized carbons (Fsp3) is 0.353. The Morgan fingerprint density at radius 3 is 2.68 bits per heavy atom. The number of rotatable bonds is 6. The van der Waals surface area contributed by atoms with E-state index < -0.39 is 0 Å². The summed E-state index contributed by atoms with van der Waals surface area (Å²) in [6, 6.07) is 14.0. The van der Waals surface area contributed by atoms with Gasteiger partial charge >= 0.3 is 0 Å². The first-order valence-corrected chi connectivity index (χ1v) is 7.61. The molecule has 5 heteroatoms. The fourth-order valence-corrected chi connectivity index (χ4v) is 2.55. The van der Waals surface area contributed by atoms with Crippen molar-refractivity contribution in [1.82, 2.24) is 15.5 Å². The van der Waals surface area contributed by atoms with Gasteiger partial charge in [-0.05, 0) is 37.0 Å². The van der Waals surface area contributed by atoms with Crippen LogP contribution >= 0.6 is 0 Å². The number of anilines is 1. The van der Waals surface area contributed by atoms with Gasteiger partial charge in [-0.3, -0.25) is 4.79 Å². The smallest absolute Gasteiger partial charge is 0.223 e. The minimum Gasteiger partial charge on any atom is -0.367 e. The number of nitrogens with one attached hydrogen (secondary N) is 2. The number of amides is 1. The van der Waals surface area contributed by atoms with Gasteiger partial charge in [-0.1, -0.05) is 30.3 Å². The number of carbonyl (C=O) groups is 1. The lowest BCUT2D eigenvalue weighted by molar-refractivity contribution is -0.122. The highest BCUT2D eigenvalue weighted by Gasteiger charge is 2.43. The van der Waals surface area contributed by atoms with E-state index in [9.17, 15) is 4.79 Å². The molecule has 1 saturated carbocycles. The quantitative estimate of drug-likeness (QED) is 0.801. The van der Waals surface area contributed by atoms with Gasteiger partial charge in [-0.25, -0.2) is 0 Å². The summed E-state index contributed by atoms with van der Waals surface area (Å²) in [5, 5.41) is 14.1. The van der Waals surface area contributed by atoms with Crippen LogP contribution in [-0.4, -0.2) is 29.2 Å². The number of aromatic nitrogens is 2. The Kier molecular flexibility index (Phi) is 4.32. The summed E-state index contributed by atoms with van der Waals surface area (Å²) < 4.78 is 0. The van der Waals surface area contributed by atoms with E-state index in [2.05, 4.69) is 33.0 Å². The average molecular weight is 296 g/mol. The molecule has 1 amide bonds. The molecule has 1 heterocycles. The van der Waals surface area contributed by atoms with Crippen molar-refractivity contribution in [2.24, 2.45) is 5.92 Å². The molecule has 114 valence electrons. The van der Waals surface area contributed by atoms with E-state index in [4.69, 9.17) is 0 Å². The molecule has 2 N–H and O–H groups in total. The Morgan fingerprint density at radius 2 is 1.95 bits per heavy atom. The molecule has 0 radical (unpaired) electrons. The molecule has 1 aromatic carbocycles. The maximum absolute atomic E-state index is 12.1. The zero-order valence-corrected chi connectivity index (χ0v) is 12.6. The predicted molar refractivity (Wildman–Crippen MR) is 85.6 cm³/mol. The van der Waals surface area contributed by atoms with Crippen molar-refractivity contribution in [2.45, 2.75) is 19.3 Å². The second kappa shape index (κ2) is 6.56. The van der Waals surface area contributed by atoms with Gasteiger partial charge in [0.2, 0.25) is 5.91 Å². The van der Waals surface area contributed by atoms with Gasteiger partial charge in [0, 0.05) is 19.0 Å². The highest BCUT2D eigenvalue weighted by atomic mass is 16.2. The standard InChI is InChI=1S/C17H20N4O/c1-12-7-8-16(21-20-12)18-9-10-19-17(22)15-11-14(15)13-5-3-2-4-6-13/h2-8,14-15H,9-11H2,1H3,(H,18,21)(H,19,22). The highest BCUT2D eigenvalue weighted by molar-refractivity contribution is 5.82. The fourth-order valence-electron chi connectivity index (χ4n) is 2.55. The number of hydrogen-bond acceptors (Lipinski definition) is 4. The number of hydrogen-bond donors (Lipinski definition) is 2. The molecule has 0 saturated heterocycles. The summed E-state index contributed by atoms with van der Waals surface area (Å²) in [6.07, 6.45) is 0.951. The van der Waals surface area contributed by atoms with Crippen LogP contribution in [0.4, 0.5) is 5.82 Å². The maximum atomic E-state index is 12.1. The normalized spacial score (nSPS) is 19.5. The van der Waals surface area contributed by atoms with E-state index >= 15 is 0 Å². The summed E-state index contributed by atoms with van der Waals surface area (Å²) in [4.78, 5) is 12.1. The minimum absolute atomic E-state index is 0.126. The van der Waals surface area contributed by atoms with Gasteiger partial charge in [0.25, 0.3) is 0 Å². The van der Waals surface area contributed by atoms with Crippen LogP contribution < -0.4 is 10.6 Å². The number of nitrogens with zero attached hydrogens (tertiary/aromatic N) is 2. The van der Waals surface area contributed by atoms with Crippen LogP contribution in [0.2, 0.25) is 0 Å². The van der Waals surface area contributed by atoms with E-state index in [1.165, 1.54) is 5.56 Å². The lowest BCUT2D eigenvalue weighted by Crippen LogP contribution is -2.30. The highest BCUT2D eigenvalue weighted by Crippen LogP contribution is 2.47. The maximum Gasteiger partial charge on any atom is 0.223 e. The summed E-state index contributed by atoms with van der Waals surface area (Å²) in [5.74, 6) is 1.39.